The maximum atomic E-state index is 3.68. The standard InChI is InChI=1S/C16H20N2/c1-2-18-9-5-8-16(18)12-17-15-10-13-6-3-4-7-14(13)11-15/h3-9,15,17H,2,10-12H2,1H3. The molecule has 0 bridgehead atoms. The van der Waals surface area contributed by atoms with Gasteiger partial charge in [-0.3, -0.25) is 0 Å². The van der Waals surface area contributed by atoms with Crippen molar-refractivity contribution >= 4 is 0 Å². The Morgan fingerprint density at radius 2 is 1.83 bits per heavy atom. The largest absolute Gasteiger partial charge is 0.351 e. The van der Waals surface area contributed by atoms with Gasteiger partial charge in [0.15, 0.2) is 0 Å². The average molecular weight is 240 g/mol. The molecule has 18 heavy (non-hydrogen) atoms. The van der Waals surface area contributed by atoms with E-state index in [9.17, 15) is 0 Å². The minimum Gasteiger partial charge on any atom is -0.351 e. The molecular formula is C16H20N2. The minimum absolute atomic E-state index is 0.600. The summed E-state index contributed by atoms with van der Waals surface area (Å²) in [6.07, 6.45) is 4.49. The molecule has 2 aromatic rings. The molecule has 1 aliphatic rings. The summed E-state index contributed by atoms with van der Waals surface area (Å²) >= 11 is 0. The monoisotopic (exact) mass is 240 g/mol. The second-order valence-electron chi connectivity index (χ2n) is 5.04. The molecule has 3 rings (SSSR count). The Bertz CT molecular complexity index is 502. The van der Waals surface area contributed by atoms with Gasteiger partial charge in [0.25, 0.3) is 0 Å². The fraction of sp³-hybridized carbons (Fsp3) is 0.375. The summed E-state index contributed by atoms with van der Waals surface area (Å²) in [5.41, 5.74) is 4.41. The number of benzene rings is 1. The maximum absolute atomic E-state index is 3.68. The Hall–Kier alpha value is -1.54. The van der Waals surface area contributed by atoms with Crippen molar-refractivity contribution in [2.75, 3.05) is 0 Å². The van der Waals surface area contributed by atoms with E-state index in [-0.39, 0.29) is 0 Å². The Kier molecular flexibility index (Phi) is 3.20. The molecule has 0 fully saturated rings. The van der Waals surface area contributed by atoms with Crippen molar-refractivity contribution in [3.05, 3.63) is 59.4 Å². The Labute approximate surface area is 109 Å². The van der Waals surface area contributed by atoms with E-state index in [0.29, 0.717) is 6.04 Å². The van der Waals surface area contributed by atoms with Crippen LogP contribution in [0.2, 0.25) is 0 Å². The van der Waals surface area contributed by atoms with E-state index in [1.165, 1.54) is 29.7 Å². The van der Waals surface area contributed by atoms with E-state index in [2.05, 4.69) is 59.4 Å². The number of nitrogens with zero attached hydrogens (tertiary/aromatic N) is 1. The summed E-state index contributed by atoms with van der Waals surface area (Å²) in [5.74, 6) is 0. The molecule has 94 valence electrons. The molecule has 1 aromatic heterocycles. The first-order chi connectivity index (χ1) is 8.86. The number of rotatable bonds is 4. The smallest absolute Gasteiger partial charge is 0.0361 e. The van der Waals surface area contributed by atoms with Gasteiger partial charge in [0.1, 0.15) is 0 Å². The molecule has 0 unspecified atom stereocenters. The van der Waals surface area contributed by atoms with Gasteiger partial charge >= 0.3 is 0 Å². The van der Waals surface area contributed by atoms with Crippen LogP contribution in [0.15, 0.2) is 42.6 Å². The van der Waals surface area contributed by atoms with Crippen molar-refractivity contribution in [3.8, 4) is 0 Å². The molecule has 0 saturated heterocycles. The van der Waals surface area contributed by atoms with Crippen LogP contribution in [-0.4, -0.2) is 10.6 Å². The first-order valence-corrected chi connectivity index (χ1v) is 6.81. The molecule has 0 amide bonds. The SMILES string of the molecule is CCn1cccc1CNC1Cc2ccccc2C1. The summed E-state index contributed by atoms with van der Waals surface area (Å²) in [6.45, 7) is 4.21. The highest BCUT2D eigenvalue weighted by Gasteiger charge is 2.20. The predicted octanol–water partition coefficient (Wildman–Crippen LogP) is 2.77. The third-order valence-corrected chi connectivity index (χ3v) is 3.89. The van der Waals surface area contributed by atoms with Crippen molar-refractivity contribution in [2.24, 2.45) is 0 Å². The second-order valence-corrected chi connectivity index (χ2v) is 5.04. The topological polar surface area (TPSA) is 17.0 Å². The first kappa shape index (κ1) is 11.5. The normalized spacial score (nSPS) is 14.9. The molecule has 1 heterocycles. The molecule has 0 saturated carbocycles. The van der Waals surface area contributed by atoms with Gasteiger partial charge in [-0.2, -0.15) is 0 Å². The summed E-state index contributed by atoms with van der Waals surface area (Å²) < 4.78 is 2.30. The molecule has 1 N–H and O–H groups in total. The lowest BCUT2D eigenvalue weighted by molar-refractivity contribution is 0.516. The Balaban J connectivity index is 1.60. The van der Waals surface area contributed by atoms with Gasteiger partial charge in [0, 0.05) is 31.0 Å². The van der Waals surface area contributed by atoms with Crippen LogP contribution in [0.25, 0.3) is 0 Å². The van der Waals surface area contributed by atoms with Crippen LogP contribution in [0.3, 0.4) is 0 Å². The second kappa shape index (κ2) is 4.99. The fourth-order valence-electron chi connectivity index (χ4n) is 2.87. The highest BCUT2D eigenvalue weighted by Crippen LogP contribution is 2.21. The highest BCUT2D eigenvalue weighted by molar-refractivity contribution is 5.33. The zero-order chi connectivity index (χ0) is 12.4. The van der Waals surface area contributed by atoms with Gasteiger partial charge < -0.3 is 9.88 Å². The van der Waals surface area contributed by atoms with E-state index in [4.69, 9.17) is 0 Å². The van der Waals surface area contributed by atoms with Crippen molar-refractivity contribution in [1.29, 1.82) is 0 Å². The van der Waals surface area contributed by atoms with E-state index in [0.717, 1.165) is 13.1 Å². The van der Waals surface area contributed by atoms with Crippen LogP contribution >= 0.6 is 0 Å². The molecule has 0 aliphatic heterocycles. The van der Waals surface area contributed by atoms with Crippen LogP contribution < -0.4 is 5.32 Å². The van der Waals surface area contributed by atoms with Crippen LogP contribution in [0, 0.1) is 0 Å². The number of aryl methyl sites for hydroxylation is 1. The van der Waals surface area contributed by atoms with E-state index >= 15 is 0 Å². The molecular weight excluding hydrogens is 220 g/mol. The van der Waals surface area contributed by atoms with E-state index in [1.54, 1.807) is 0 Å². The minimum atomic E-state index is 0.600. The molecule has 2 heteroatoms. The molecule has 0 spiro atoms. The lowest BCUT2D eigenvalue weighted by Crippen LogP contribution is -2.29. The lowest BCUT2D eigenvalue weighted by atomic mass is 10.1. The van der Waals surface area contributed by atoms with E-state index < -0.39 is 0 Å². The molecule has 0 radical (unpaired) electrons. The summed E-state index contributed by atoms with van der Waals surface area (Å²) in [5, 5.41) is 3.68. The van der Waals surface area contributed by atoms with Crippen molar-refractivity contribution < 1.29 is 0 Å². The van der Waals surface area contributed by atoms with Gasteiger partial charge in [-0.15, -0.1) is 0 Å². The van der Waals surface area contributed by atoms with E-state index in [1.807, 2.05) is 0 Å². The van der Waals surface area contributed by atoms with Crippen molar-refractivity contribution in [2.45, 2.75) is 38.9 Å². The zero-order valence-corrected chi connectivity index (χ0v) is 10.9. The van der Waals surface area contributed by atoms with Crippen LogP contribution in [-0.2, 0) is 25.9 Å². The number of aromatic nitrogens is 1. The highest BCUT2D eigenvalue weighted by atomic mass is 15.0. The van der Waals surface area contributed by atoms with Gasteiger partial charge in [-0.25, -0.2) is 0 Å². The molecule has 2 nitrogen and oxygen atoms in total. The van der Waals surface area contributed by atoms with Crippen LogP contribution in [0.1, 0.15) is 23.7 Å². The average Bonchev–Trinajstić information content (AvgIpc) is 3.01. The molecule has 1 aliphatic carbocycles. The Morgan fingerprint density at radius 3 is 2.50 bits per heavy atom. The van der Waals surface area contributed by atoms with Gasteiger partial charge in [0.2, 0.25) is 0 Å². The van der Waals surface area contributed by atoms with Gasteiger partial charge in [0.05, 0.1) is 0 Å². The quantitative estimate of drug-likeness (QED) is 0.869. The van der Waals surface area contributed by atoms with Crippen molar-refractivity contribution in [1.82, 2.24) is 9.88 Å². The first-order valence-electron chi connectivity index (χ1n) is 6.81. The number of nitrogens with one attached hydrogen (secondary N) is 1. The Morgan fingerprint density at radius 1 is 1.11 bits per heavy atom. The van der Waals surface area contributed by atoms with Crippen LogP contribution in [0.4, 0.5) is 0 Å². The third-order valence-electron chi connectivity index (χ3n) is 3.89. The number of hydrogen-bond donors (Lipinski definition) is 1. The number of hydrogen-bond acceptors (Lipinski definition) is 1. The third kappa shape index (κ3) is 2.21. The number of fused-ring (bicyclic) bond motifs is 1. The fourth-order valence-corrected chi connectivity index (χ4v) is 2.87. The summed E-state index contributed by atoms with van der Waals surface area (Å²) in [6, 6.07) is 13.7. The zero-order valence-electron chi connectivity index (χ0n) is 10.9. The summed E-state index contributed by atoms with van der Waals surface area (Å²) in [4.78, 5) is 0. The maximum Gasteiger partial charge on any atom is 0.0361 e. The summed E-state index contributed by atoms with van der Waals surface area (Å²) in [7, 11) is 0. The van der Waals surface area contributed by atoms with Gasteiger partial charge in [-0.05, 0) is 43.0 Å². The van der Waals surface area contributed by atoms with Crippen molar-refractivity contribution in [3.63, 3.8) is 0 Å². The van der Waals surface area contributed by atoms with Crippen LogP contribution in [0.5, 0.6) is 0 Å². The predicted molar refractivity (Wildman–Crippen MR) is 74.6 cm³/mol. The molecule has 1 aromatic carbocycles. The van der Waals surface area contributed by atoms with Gasteiger partial charge in [-0.1, -0.05) is 24.3 Å². The lowest BCUT2D eigenvalue weighted by Gasteiger charge is -2.13. The molecule has 0 atom stereocenters.